The number of benzene rings is 2. The molecule has 0 atom stereocenters. The molecule has 0 spiro atoms. The van der Waals surface area contributed by atoms with Crippen LogP contribution in [0.5, 0.6) is 0 Å². The van der Waals surface area contributed by atoms with Crippen molar-refractivity contribution in [1.29, 1.82) is 0 Å². The Balaban J connectivity index is 1.55. The summed E-state index contributed by atoms with van der Waals surface area (Å²) in [4.78, 5) is 10.0. The van der Waals surface area contributed by atoms with E-state index in [-0.39, 0.29) is 0 Å². The van der Waals surface area contributed by atoms with Gasteiger partial charge in [0, 0.05) is 18.7 Å². The summed E-state index contributed by atoms with van der Waals surface area (Å²) in [6.07, 6.45) is 3.83. The van der Waals surface area contributed by atoms with Crippen molar-refractivity contribution in [3.63, 3.8) is 0 Å². The number of para-hydroxylation sites is 2. The van der Waals surface area contributed by atoms with Gasteiger partial charge in [0.15, 0.2) is 0 Å². The molecule has 1 aliphatic heterocycles. The number of aromatic nitrogens is 2. The zero-order valence-electron chi connectivity index (χ0n) is 18.0. The molecule has 0 amide bonds. The Morgan fingerprint density at radius 2 is 1.66 bits per heavy atom. The molecule has 1 saturated heterocycles. The minimum atomic E-state index is 1.00. The van der Waals surface area contributed by atoms with Crippen LogP contribution in [0, 0.1) is 0 Å². The summed E-state index contributed by atoms with van der Waals surface area (Å²) < 4.78 is 2.41. The smallest absolute Gasteiger partial charge is 0.141 e. The standard InChI is InChI=1S/C25H34N4/c1-3-27(4-2)18-9-19-29-24-11-6-5-10-23(24)26-25(29)22-14-12-21(13-15-22)20-28-16-7-8-17-28/h5-6,10-15H,3-4,7-9,16-20H2,1-2H3. The molecule has 0 aliphatic carbocycles. The Labute approximate surface area is 175 Å². The van der Waals surface area contributed by atoms with E-state index in [1.165, 1.54) is 42.6 Å². The number of rotatable bonds is 9. The Morgan fingerprint density at radius 1 is 0.931 bits per heavy atom. The highest BCUT2D eigenvalue weighted by Crippen LogP contribution is 2.26. The van der Waals surface area contributed by atoms with Crippen LogP contribution in [0.2, 0.25) is 0 Å². The van der Waals surface area contributed by atoms with Crippen LogP contribution < -0.4 is 0 Å². The van der Waals surface area contributed by atoms with Gasteiger partial charge in [-0.05, 0) is 69.7 Å². The maximum Gasteiger partial charge on any atom is 0.141 e. The van der Waals surface area contributed by atoms with Gasteiger partial charge in [0.1, 0.15) is 5.82 Å². The van der Waals surface area contributed by atoms with Crippen LogP contribution >= 0.6 is 0 Å². The summed E-state index contributed by atoms with van der Waals surface area (Å²) >= 11 is 0. The molecule has 3 aromatic rings. The van der Waals surface area contributed by atoms with E-state index in [0.717, 1.165) is 50.5 Å². The molecule has 1 fully saturated rings. The Kier molecular flexibility index (Phi) is 6.63. The molecule has 29 heavy (non-hydrogen) atoms. The largest absolute Gasteiger partial charge is 0.324 e. The van der Waals surface area contributed by atoms with Crippen LogP contribution in [-0.2, 0) is 13.1 Å². The zero-order chi connectivity index (χ0) is 20.1. The van der Waals surface area contributed by atoms with Crippen molar-refractivity contribution in [2.24, 2.45) is 0 Å². The highest BCUT2D eigenvalue weighted by atomic mass is 15.1. The number of imidazole rings is 1. The fourth-order valence-electron chi connectivity index (χ4n) is 4.47. The third-order valence-electron chi connectivity index (χ3n) is 6.22. The van der Waals surface area contributed by atoms with Gasteiger partial charge in [-0.1, -0.05) is 50.2 Å². The Morgan fingerprint density at radius 3 is 2.38 bits per heavy atom. The second-order valence-electron chi connectivity index (χ2n) is 8.14. The van der Waals surface area contributed by atoms with Gasteiger partial charge in [-0.25, -0.2) is 4.98 Å². The average molecular weight is 391 g/mol. The van der Waals surface area contributed by atoms with E-state index in [1.807, 2.05) is 0 Å². The molecule has 1 aliphatic rings. The molecule has 154 valence electrons. The average Bonchev–Trinajstić information content (AvgIpc) is 3.40. The molecular formula is C25H34N4. The highest BCUT2D eigenvalue weighted by Gasteiger charge is 2.14. The lowest BCUT2D eigenvalue weighted by Crippen LogP contribution is -2.24. The first-order valence-corrected chi connectivity index (χ1v) is 11.3. The molecule has 0 N–H and O–H groups in total. The van der Waals surface area contributed by atoms with Crippen molar-refractivity contribution >= 4 is 11.0 Å². The second-order valence-corrected chi connectivity index (χ2v) is 8.14. The predicted octanol–water partition coefficient (Wildman–Crippen LogP) is 5.03. The van der Waals surface area contributed by atoms with Crippen molar-refractivity contribution in [3.8, 4) is 11.4 Å². The Hall–Kier alpha value is -2.17. The van der Waals surface area contributed by atoms with Gasteiger partial charge in [0.2, 0.25) is 0 Å². The Bertz CT molecular complexity index is 902. The summed E-state index contributed by atoms with van der Waals surface area (Å²) in [7, 11) is 0. The third kappa shape index (κ3) is 4.71. The van der Waals surface area contributed by atoms with E-state index in [9.17, 15) is 0 Å². The monoisotopic (exact) mass is 390 g/mol. The fraction of sp³-hybridized carbons (Fsp3) is 0.480. The van der Waals surface area contributed by atoms with Crippen molar-refractivity contribution in [2.45, 2.75) is 46.2 Å². The molecule has 4 heteroatoms. The lowest BCUT2D eigenvalue weighted by molar-refractivity contribution is 0.294. The summed E-state index contributed by atoms with van der Waals surface area (Å²) in [6.45, 7) is 12.4. The quantitative estimate of drug-likeness (QED) is 0.512. The third-order valence-corrected chi connectivity index (χ3v) is 6.22. The van der Waals surface area contributed by atoms with Crippen molar-refractivity contribution in [1.82, 2.24) is 19.4 Å². The molecule has 0 saturated carbocycles. The minimum absolute atomic E-state index is 1.00. The second kappa shape index (κ2) is 9.55. The van der Waals surface area contributed by atoms with Crippen LogP contribution in [0.3, 0.4) is 0 Å². The maximum absolute atomic E-state index is 4.99. The van der Waals surface area contributed by atoms with Gasteiger partial charge in [-0.15, -0.1) is 0 Å². The van der Waals surface area contributed by atoms with Gasteiger partial charge in [-0.3, -0.25) is 4.90 Å². The van der Waals surface area contributed by atoms with Crippen LogP contribution in [0.1, 0.15) is 38.7 Å². The first-order valence-electron chi connectivity index (χ1n) is 11.3. The van der Waals surface area contributed by atoms with Gasteiger partial charge < -0.3 is 9.47 Å². The fourth-order valence-corrected chi connectivity index (χ4v) is 4.47. The molecule has 2 heterocycles. The molecular weight excluding hydrogens is 356 g/mol. The van der Waals surface area contributed by atoms with E-state index in [4.69, 9.17) is 4.98 Å². The topological polar surface area (TPSA) is 24.3 Å². The lowest BCUT2D eigenvalue weighted by atomic mass is 10.1. The van der Waals surface area contributed by atoms with E-state index in [1.54, 1.807) is 0 Å². The van der Waals surface area contributed by atoms with Crippen LogP contribution in [-0.4, -0.2) is 52.1 Å². The zero-order valence-corrected chi connectivity index (χ0v) is 18.0. The summed E-state index contributed by atoms with van der Waals surface area (Å²) in [5.74, 6) is 1.10. The molecule has 0 bridgehead atoms. The highest BCUT2D eigenvalue weighted by molar-refractivity contribution is 5.80. The van der Waals surface area contributed by atoms with E-state index >= 15 is 0 Å². The van der Waals surface area contributed by atoms with Gasteiger partial charge in [0.05, 0.1) is 11.0 Å². The van der Waals surface area contributed by atoms with E-state index in [0.29, 0.717) is 0 Å². The SMILES string of the molecule is CCN(CC)CCCn1c(-c2ccc(CN3CCCC3)cc2)nc2ccccc21. The lowest BCUT2D eigenvalue weighted by Gasteiger charge is -2.18. The molecule has 2 aromatic carbocycles. The maximum atomic E-state index is 4.99. The number of aryl methyl sites for hydroxylation is 1. The van der Waals surface area contributed by atoms with Gasteiger partial charge >= 0.3 is 0 Å². The normalized spacial score (nSPS) is 15.0. The first kappa shape index (κ1) is 20.1. The minimum Gasteiger partial charge on any atom is -0.324 e. The number of likely N-dealkylation sites (tertiary alicyclic amines) is 1. The molecule has 0 unspecified atom stereocenters. The van der Waals surface area contributed by atoms with Crippen molar-refractivity contribution in [2.75, 3.05) is 32.7 Å². The number of nitrogens with zero attached hydrogens (tertiary/aromatic N) is 4. The summed E-state index contributed by atoms with van der Waals surface area (Å²) in [5.41, 5.74) is 4.95. The first-order chi connectivity index (χ1) is 14.3. The molecule has 4 rings (SSSR count). The van der Waals surface area contributed by atoms with Gasteiger partial charge in [-0.2, -0.15) is 0 Å². The molecule has 0 radical (unpaired) electrons. The number of hydrogen-bond donors (Lipinski definition) is 0. The molecule has 1 aromatic heterocycles. The van der Waals surface area contributed by atoms with Crippen molar-refractivity contribution in [3.05, 3.63) is 54.1 Å². The number of hydrogen-bond acceptors (Lipinski definition) is 3. The van der Waals surface area contributed by atoms with Gasteiger partial charge in [0.25, 0.3) is 0 Å². The predicted molar refractivity (Wildman–Crippen MR) is 122 cm³/mol. The van der Waals surface area contributed by atoms with Crippen LogP contribution in [0.25, 0.3) is 22.4 Å². The molecule has 4 nitrogen and oxygen atoms in total. The summed E-state index contributed by atoms with van der Waals surface area (Å²) in [5, 5.41) is 0. The van der Waals surface area contributed by atoms with Crippen LogP contribution in [0.4, 0.5) is 0 Å². The van der Waals surface area contributed by atoms with Crippen molar-refractivity contribution < 1.29 is 0 Å². The van der Waals surface area contributed by atoms with E-state index < -0.39 is 0 Å². The number of fused-ring (bicyclic) bond motifs is 1. The van der Waals surface area contributed by atoms with Crippen LogP contribution in [0.15, 0.2) is 48.5 Å². The van der Waals surface area contributed by atoms with E-state index in [2.05, 4.69) is 76.7 Å². The summed E-state index contributed by atoms with van der Waals surface area (Å²) in [6, 6.07) is 17.6.